The van der Waals surface area contributed by atoms with Crippen molar-refractivity contribution in [1.82, 2.24) is 23.7 Å². The lowest BCUT2D eigenvalue weighted by molar-refractivity contribution is 0.0460. The van der Waals surface area contributed by atoms with Crippen LogP contribution in [0, 0.1) is 13.8 Å². The summed E-state index contributed by atoms with van der Waals surface area (Å²) in [4.78, 5) is 26.7. The van der Waals surface area contributed by atoms with Crippen molar-refractivity contribution in [2.24, 2.45) is 7.05 Å². The lowest BCUT2D eigenvalue weighted by Crippen LogP contribution is -2.20. The summed E-state index contributed by atoms with van der Waals surface area (Å²) in [5.41, 5.74) is 2.92. The molecule has 0 bridgehead atoms. The average molecular weight is 448 g/mol. The van der Waals surface area contributed by atoms with Gasteiger partial charge >= 0.3 is 5.97 Å². The molecule has 0 aliphatic carbocycles. The van der Waals surface area contributed by atoms with Gasteiger partial charge in [0.25, 0.3) is 5.56 Å². The Morgan fingerprint density at radius 1 is 1.12 bits per heavy atom. The van der Waals surface area contributed by atoms with Gasteiger partial charge in [-0.3, -0.25) is 13.8 Å². The number of carbonyl (C=O) groups is 1. The number of esters is 1. The highest BCUT2D eigenvalue weighted by atomic mass is 32.1. The zero-order valence-electron chi connectivity index (χ0n) is 17.9. The van der Waals surface area contributed by atoms with Gasteiger partial charge in [-0.2, -0.15) is 0 Å². The van der Waals surface area contributed by atoms with E-state index in [9.17, 15) is 9.59 Å². The van der Waals surface area contributed by atoms with E-state index in [4.69, 9.17) is 4.74 Å². The van der Waals surface area contributed by atoms with Crippen LogP contribution in [0.4, 0.5) is 0 Å². The van der Waals surface area contributed by atoms with Gasteiger partial charge in [0.05, 0.1) is 23.0 Å². The molecule has 0 amide bonds. The molecule has 4 aromatic heterocycles. The third kappa shape index (κ3) is 3.21. The Bertz CT molecular complexity index is 1530. The smallest absolute Gasteiger partial charge is 0.340 e. The lowest BCUT2D eigenvalue weighted by atomic mass is 10.2. The molecular weight excluding hydrogens is 426 g/mol. The molecule has 5 rings (SSSR count). The summed E-state index contributed by atoms with van der Waals surface area (Å²) in [7, 11) is 1.65. The van der Waals surface area contributed by atoms with Crippen molar-refractivity contribution < 1.29 is 9.53 Å². The van der Waals surface area contributed by atoms with Crippen LogP contribution in [0.2, 0.25) is 0 Å². The maximum Gasteiger partial charge on any atom is 0.340 e. The molecule has 0 saturated heterocycles. The van der Waals surface area contributed by atoms with Crippen molar-refractivity contribution in [3.8, 4) is 0 Å². The van der Waals surface area contributed by atoms with Crippen molar-refractivity contribution in [3.05, 3.63) is 85.9 Å². The van der Waals surface area contributed by atoms with Gasteiger partial charge in [-0.05, 0) is 43.5 Å². The molecule has 0 aliphatic rings. The van der Waals surface area contributed by atoms with E-state index in [0.717, 1.165) is 17.9 Å². The first-order valence-electron chi connectivity index (χ1n) is 10.1. The average Bonchev–Trinajstić information content (AvgIpc) is 3.52. The summed E-state index contributed by atoms with van der Waals surface area (Å²) < 4.78 is 10.9. The fourth-order valence-electron chi connectivity index (χ4n) is 4.00. The largest absolute Gasteiger partial charge is 0.454 e. The predicted molar refractivity (Wildman–Crippen MR) is 122 cm³/mol. The number of aryl methyl sites for hydroxylation is 2. The molecule has 0 atom stereocenters. The molecule has 1 aromatic carbocycles. The van der Waals surface area contributed by atoms with E-state index in [1.54, 1.807) is 28.9 Å². The summed E-state index contributed by atoms with van der Waals surface area (Å²) in [5.74, 6) is 0.433. The molecule has 0 unspecified atom stereocenters. The summed E-state index contributed by atoms with van der Waals surface area (Å²) >= 11 is 1.69. The van der Waals surface area contributed by atoms with Gasteiger partial charge in [0, 0.05) is 23.3 Å². The second-order valence-electron chi connectivity index (χ2n) is 7.66. The van der Waals surface area contributed by atoms with Crippen molar-refractivity contribution >= 4 is 34.0 Å². The normalized spacial score (nSPS) is 11.5. The van der Waals surface area contributed by atoms with Crippen LogP contribution < -0.4 is 5.56 Å². The van der Waals surface area contributed by atoms with E-state index >= 15 is 0 Å². The number of hydrogen-bond donors (Lipinski definition) is 0. The van der Waals surface area contributed by atoms with Crippen LogP contribution in [0.5, 0.6) is 0 Å². The minimum Gasteiger partial charge on any atom is -0.454 e. The fraction of sp³-hybridized carbons (Fsp3) is 0.217. The van der Waals surface area contributed by atoms with Crippen molar-refractivity contribution in [3.63, 3.8) is 0 Å². The summed E-state index contributed by atoms with van der Waals surface area (Å²) in [6.07, 6.45) is 0. The number of para-hydroxylation sites is 1. The Labute approximate surface area is 187 Å². The highest BCUT2D eigenvalue weighted by Crippen LogP contribution is 2.21. The number of rotatable bonds is 5. The molecule has 162 valence electrons. The van der Waals surface area contributed by atoms with Gasteiger partial charge in [0.1, 0.15) is 0 Å². The Balaban J connectivity index is 1.45. The number of ether oxygens (including phenoxy) is 1. The summed E-state index contributed by atoms with van der Waals surface area (Å²) in [6, 6.07) is 13.2. The van der Waals surface area contributed by atoms with Crippen LogP contribution >= 0.6 is 11.3 Å². The van der Waals surface area contributed by atoms with Gasteiger partial charge in [-0.1, -0.05) is 18.2 Å². The van der Waals surface area contributed by atoms with Gasteiger partial charge in [0.15, 0.2) is 12.4 Å². The molecule has 0 spiro atoms. The zero-order chi connectivity index (χ0) is 22.4. The number of nitrogens with zero attached hydrogens (tertiary/aromatic N) is 5. The standard InChI is InChI=1S/C23H21N5O3S/c1-14-11-18(15(2)27(14)12-16-7-6-10-32-16)22(30)31-13-20-24-25-23-26(3)21(29)17-8-4-5-9-19(17)28(20)23/h4-11H,12-13H2,1-3H3. The van der Waals surface area contributed by atoms with Gasteiger partial charge < -0.3 is 9.30 Å². The molecule has 9 heteroatoms. The fourth-order valence-corrected chi connectivity index (χ4v) is 4.70. The molecule has 4 heterocycles. The van der Waals surface area contributed by atoms with Crippen molar-refractivity contribution in [1.29, 1.82) is 0 Å². The second kappa shape index (κ2) is 7.76. The molecular formula is C23H21N5O3S. The first kappa shape index (κ1) is 20.2. The zero-order valence-corrected chi connectivity index (χ0v) is 18.7. The van der Waals surface area contributed by atoms with Crippen molar-refractivity contribution in [2.45, 2.75) is 27.0 Å². The molecule has 0 saturated carbocycles. The van der Waals surface area contributed by atoms with E-state index in [1.807, 2.05) is 49.6 Å². The van der Waals surface area contributed by atoms with Gasteiger partial charge in [-0.15, -0.1) is 21.5 Å². The molecule has 32 heavy (non-hydrogen) atoms. The van der Waals surface area contributed by atoms with Crippen LogP contribution in [-0.2, 0) is 24.9 Å². The Morgan fingerprint density at radius 3 is 2.72 bits per heavy atom. The SMILES string of the molecule is Cc1cc(C(=O)OCc2nnc3n(C)c(=O)c4ccccc4n23)c(C)n1Cc1cccs1. The van der Waals surface area contributed by atoms with E-state index in [2.05, 4.69) is 20.8 Å². The predicted octanol–water partition coefficient (Wildman–Crippen LogP) is 3.47. The highest BCUT2D eigenvalue weighted by Gasteiger charge is 2.20. The third-order valence-electron chi connectivity index (χ3n) is 5.71. The lowest BCUT2D eigenvalue weighted by Gasteiger charge is -2.09. The maximum absolute atomic E-state index is 12.9. The van der Waals surface area contributed by atoms with Crippen LogP contribution in [-0.4, -0.2) is 29.7 Å². The van der Waals surface area contributed by atoms with Gasteiger partial charge in [-0.25, -0.2) is 4.79 Å². The second-order valence-corrected chi connectivity index (χ2v) is 8.69. The first-order chi connectivity index (χ1) is 15.5. The number of aromatic nitrogens is 5. The van der Waals surface area contributed by atoms with Crippen LogP contribution in [0.3, 0.4) is 0 Å². The molecule has 0 aliphatic heterocycles. The minimum absolute atomic E-state index is 0.0587. The Kier molecular flexibility index (Phi) is 4.90. The third-order valence-corrected chi connectivity index (χ3v) is 6.57. The number of fused-ring (bicyclic) bond motifs is 3. The van der Waals surface area contributed by atoms with E-state index in [0.29, 0.717) is 28.1 Å². The minimum atomic E-state index is -0.415. The quantitative estimate of drug-likeness (QED) is 0.385. The van der Waals surface area contributed by atoms with Crippen LogP contribution in [0.15, 0.2) is 52.6 Å². The molecule has 8 nitrogen and oxygen atoms in total. The Morgan fingerprint density at radius 2 is 1.94 bits per heavy atom. The maximum atomic E-state index is 12.9. The number of carbonyl (C=O) groups excluding carboxylic acids is 1. The molecule has 0 fully saturated rings. The number of hydrogen-bond acceptors (Lipinski definition) is 6. The topological polar surface area (TPSA) is 83.4 Å². The van der Waals surface area contributed by atoms with Crippen LogP contribution in [0.25, 0.3) is 16.7 Å². The van der Waals surface area contributed by atoms with E-state index in [-0.39, 0.29) is 12.2 Å². The summed E-state index contributed by atoms with van der Waals surface area (Å²) in [5, 5.41) is 10.9. The first-order valence-corrected chi connectivity index (χ1v) is 11.0. The number of benzene rings is 1. The van der Waals surface area contributed by atoms with E-state index in [1.165, 1.54) is 9.44 Å². The molecule has 5 aromatic rings. The highest BCUT2D eigenvalue weighted by molar-refractivity contribution is 7.09. The molecule has 0 radical (unpaired) electrons. The molecule has 0 N–H and O–H groups in total. The monoisotopic (exact) mass is 447 g/mol. The summed E-state index contributed by atoms with van der Waals surface area (Å²) in [6.45, 7) is 4.57. The number of thiophene rings is 1. The van der Waals surface area contributed by atoms with Gasteiger partial charge in [0.2, 0.25) is 5.78 Å². The Hall–Kier alpha value is -3.72. The van der Waals surface area contributed by atoms with E-state index < -0.39 is 5.97 Å². The van der Waals surface area contributed by atoms with Crippen LogP contribution in [0.1, 0.15) is 32.4 Å². The van der Waals surface area contributed by atoms with Crippen molar-refractivity contribution in [2.75, 3.05) is 0 Å².